The van der Waals surface area contributed by atoms with Crippen LogP contribution in [0.2, 0.25) is 0 Å². The summed E-state index contributed by atoms with van der Waals surface area (Å²) in [6, 6.07) is 6.87. The molecule has 6 nitrogen and oxygen atoms in total. The van der Waals surface area contributed by atoms with Gasteiger partial charge in [-0.2, -0.15) is 0 Å². The first-order valence-electron chi connectivity index (χ1n) is 7.69. The van der Waals surface area contributed by atoms with E-state index in [9.17, 15) is 5.11 Å². The molecule has 0 fully saturated rings. The third-order valence-electron chi connectivity index (χ3n) is 3.26. The Bertz CT molecular complexity index is 989. The van der Waals surface area contributed by atoms with Crippen molar-refractivity contribution >= 4 is 11.4 Å². The van der Waals surface area contributed by atoms with Crippen LogP contribution in [0.5, 0.6) is 0 Å². The molecule has 3 heterocycles. The van der Waals surface area contributed by atoms with Crippen LogP contribution in [0.3, 0.4) is 0 Å². The van der Waals surface area contributed by atoms with E-state index in [-0.39, 0.29) is 6.61 Å². The van der Waals surface area contributed by atoms with Crippen LogP contribution in [0.25, 0.3) is 0 Å². The van der Waals surface area contributed by atoms with Crippen molar-refractivity contribution in [1.29, 1.82) is 0 Å². The Kier molecular flexibility index (Phi) is 5.09. The second-order valence-electron chi connectivity index (χ2n) is 5.42. The van der Waals surface area contributed by atoms with E-state index in [2.05, 4.69) is 38.6 Å². The number of hydrogen-bond donors (Lipinski definition) is 3. The van der Waals surface area contributed by atoms with Gasteiger partial charge in [0.15, 0.2) is 0 Å². The minimum atomic E-state index is -0.133. The number of nitrogens with zero attached hydrogens (tertiary/aromatic N) is 3. The Morgan fingerprint density at radius 3 is 1.65 bits per heavy atom. The summed E-state index contributed by atoms with van der Waals surface area (Å²) in [5.74, 6) is 11.8. The zero-order valence-electron chi connectivity index (χ0n) is 13.8. The Hall–Kier alpha value is -3.87. The smallest absolute Gasteiger partial charge is 0.115 e. The fourth-order valence-corrected chi connectivity index (χ4v) is 2.13. The van der Waals surface area contributed by atoms with Crippen molar-refractivity contribution in [2.75, 3.05) is 11.5 Å². The van der Waals surface area contributed by atoms with E-state index >= 15 is 0 Å². The highest BCUT2D eigenvalue weighted by atomic mass is 16.3. The molecule has 0 amide bonds. The lowest BCUT2D eigenvalue weighted by molar-refractivity contribution is 0.281. The molecule has 0 aromatic carbocycles. The van der Waals surface area contributed by atoms with Gasteiger partial charge in [0.2, 0.25) is 0 Å². The minimum absolute atomic E-state index is 0.133. The Balaban J connectivity index is 1.93. The molecule has 26 heavy (non-hydrogen) atoms. The summed E-state index contributed by atoms with van der Waals surface area (Å²) in [7, 11) is 0. The van der Waals surface area contributed by atoms with Crippen LogP contribution in [0.4, 0.5) is 11.4 Å². The number of nitrogen functional groups attached to an aromatic ring is 2. The standard InChI is InChI=1S/C20H15N5O/c21-17-5-14(9-23-11-17)1-3-19-7-16(13-26)8-20(25-19)4-2-15-6-18(22)12-24-10-15/h5-12,26H,13,21-22H2. The third kappa shape index (κ3) is 4.57. The summed E-state index contributed by atoms with van der Waals surface area (Å²) in [4.78, 5) is 12.4. The number of aliphatic hydroxyl groups is 1. The SMILES string of the molecule is Nc1cncc(C#Cc2cc(CO)cc(C#Cc3cncc(N)c3)n2)c1. The maximum atomic E-state index is 9.45. The summed E-state index contributed by atoms with van der Waals surface area (Å²) in [5, 5.41) is 9.45. The van der Waals surface area contributed by atoms with Crippen molar-refractivity contribution in [3.05, 3.63) is 77.1 Å². The van der Waals surface area contributed by atoms with E-state index in [1.54, 1.807) is 49.1 Å². The Morgan fingerprint density at radius 1 is 0.731 bits per heavy atom. The van der Waals surface area contributed by atoms with Gasteiger partial charge in [0.05, 0.1) is 18.0 Å². The fraction of sp³-hybridized carbons (Fsp3) is 0.0500. The second-order valence-corrected chi connectivity index (χ2v) is 5.42. The molecular weight excluding hydrogens is 326 g/mol. The monoisotopic (exact) mass is 341 g/mol. The number of aliphatic hydroxyl groups excluding tert-OH is 1. The van der Waals surface area contributed by atoms with E-state index in [0.29, 0.717) is 39.5 Å². The number of aromatic nitrogens is 3. The normalized spacial score (nSPS) is 9.58. The molecule has 0 aliphatic rings. The van der Waals surface area contributed by atoms with Crippen molar-refractivity contribution in [1.82, 2.24) is 15.0 Å². The number of pyridine rings is 3. The number of hydrogen-bond acceptors (Lipinski definition) is 6. The molecule has 3 aromatic heterocycles. The molecular formula is C20H15N5O. The Morgan fingerprint density at radius 2 is 1.23 bits per heavy atom. The summed E-state index contributed by atoms with van der Waals surface area (Å²) < 4.78 is 0. The second kappa shape index (κ2) is 7.80. The molecule has 5 N–H and O–H groups in total. The van der Waals surface area contributed by atoms with Crippen molar-refractivity contribution in [3.8, 4) is 23.7 Å². The van der Waals surface area contributed by atoms with E-state index in [4.69, 9.17) is 11.5 Å². The first kappa shape index (κ1) is 17.0. The molecule has 0 spiro atoms. The van der Waals surface area contributed by atoms with Crippen LogP contribution in [0, 0.1) is 23.7 Å². The van der Waals surface area contributed by atoms with Crippen molar-refractivity contribution in [2.45, 2.75) is 6.61 Å². The van der Waals surface area contributed by atoms with Crippen LogP contribution < -0.4 is 11.5 Å². The molecule has 3 rings (SSSR count). The van der Waals surface area contributed by atoms with Crippen LogP contribution in [0.1, 0.15) is 28.1 Å². The number of nitrogens with two attached hydrogens (primary N) is 2. The molecule has 0 bridgehead atoms. The van der Waals surface area contributed by atoms with Crippen molar-refractivity contribution in [3.63, 3.8) is 0 Å². The molecule has 0 aliphatic heterocycles. The van der Waals surface area contributed by atoms with Crippen LogP contribution in [-0.4, -0.2) is 20.1 Å². The van der Waals surface area contributed by atoms with Gasteiger partial charge in [0.1, 0.15) is 11.4 Å². The number of rotatable bonds is 1. The molecule has 0 unspecified atom stereocenters. The minimum Gasteiger partial charge on any atom is -0.397 e. The van der Waals surface area contributed by atoms with Crippen molar-refractivity contribution < 1.29 is 5.11 Å². The van der Waals surface area contributed by atoms with Gasteiger partial charge < -0.3 is 16.6 Å². The first-order chi connectivity index (χ1) is 12.6. The zero-order valence-corrected chi connectivity index (χ0v) is 13.8. The fourth-order valence-electron chi connectivity index (χ4n) is 2.13. The average Bonchev–Trinajstić information content (AvgIpc) is 2.65. The molecule has 6 heteroatoms. The molecule has 3 aromatic rings. The predicted octanol–water partition coefficient (Wildman–Crippen LogP) is 1.33. The van der Waals surface area contributed by atoms with Gasteiger partial charge in [-0.1, -0.05) is 11.8 Å². The van der Waals surface area contributed by atoms with Crippen LogP contribution >= 0.6 is 0 Å². The predicted molar refractivity (Wildman–Crippen MR) is 99.4 cm³/mol. The van der Waals surface area contributed by atoms with Gasteiger partial charge in [0, 0.05) is 35.9 Å². The van der Waals surface area contributed by atoms with Gasteiger partial charge in [-0.3, -0.25) is 9.97 Å². The van der Waals surface area contributed by atoms with Gasteiger partial charge in [-0.15, -0.1) is 0 Å². The lowest BCUT2D eigenvalue weighted by atomic mass is 10.1. The zero-order chi connectivity index (χ0) is 18.4. The maximum absolute atomic E-state index is 9.45. The van der Waals surface area contributed by atoms with Crippen LogP contribution in [0.15, 0.2) is 49.1 Å². The molecule has 126 valence electrons. The summed E-state index contributed by atoms with van der Waals surface area (Å²) in [6.45, 7) is -0.133. The maximum Gasteiger partial charge on any atom is 0.115 e. The van der Waals surface area contributed by atoms with Gasteiger partial charge in [-0.25, -0.2) is 4.98 Å². The quantitative estimate of drug-likeness (QED) is 0.576. The molecule has 0 saturated carbocycles. The molecule has 0 saturated heterocycles. The van der Waals surface area contributed by atoms with Crippen LogP contribution in [-0.2, 0) is 6.61 Å². The topological polar surface area (TPSA) is 111 Å². The number of anilines is 2. The summed E-state index contributed by atoms with van der Waals surface area (Å²) >= 11 is 0. The molecule has 0 atom stereocenters. The van der Waals surface area contributed by atoms with E-state index in [1.807, 2.05) is 0 Å². The van der Waals surface area contributed by atoms with Gasteiger partial charge in [-0.05, 0) is 41.7 Å². The lowest BCUT2D eigenvalue weighted by Crippen LogP contribution is -1.94. The van der Waals surface area contributed by atoms with E-state index in [1.165, 1.54) is 0 Å². The van der Waals surface area contributed by atoms with E-state index in [0.717, 1.165) is 0 Å². The summed E-state index contributed by atoms with van der Waals surface area (Å²) in [6.07, 6.45) is 6.34. The summed E-state index contributed by atoms with van der Waals surface area (Å²) in [5.41, 5.74) is 15.5. The highest BCUT2D eigenvalue weighted by Gasteiger charge is 1.99. The van der Waals surface area contributed by atoms with Crippen molar-refractivity contribution in [2.24, 2.45) is 0 Å². The third-order valence-corrected chi connectivity index (χ3v) is 3.26. The molecule has 0 aliphatic carbocycles. The average molecular weight is 341 g/mol. The Labute approximate surface area is 151 Å². The largest absolute Gasteiger partial charge is 0.397 e. The van der Waals surface area contributed by atoms with Gasteiger partial charge in [0.25, 0.3) is 0 Å². The lowest BCUT2D eigenvalue weighted by Gasteiger charge is -1.99. The molecule has 0 radical (unpaired) electrons. The first-order valence-corrected chi connectivity index (χ1v) is 7.69. The highest BCUT2D eigenvalue weighted by molar-refractivity contribution is 5.49. The highest BCUT2D eigenvalue weighted by Crippen LogP contribution is 2.08. The van der Waals surface area contributed by atoms with Gasteiger partial charge >= 0.3 is 0 Å². The van der Waals surface area contributed by atoms with E-state index < -0.39 is 0 Å².